The van der Waals surface area contributed by atoms with Gasteiger partial charge in [-0.3, -0.25) is 0 Å². The minimum atomic E-state index is 0. The molecule has 0 bridgehead atoms. The lowest BCUT2D eigenvalue weighted by atomic mass is 9.87. The molecule has 126 valence electrons. The topological polar surface area (TPSA) is 24.1 Å². The zero-order chi connectivity index (χ0) is 15.8. The van der Waals surface area contributed by atoms with Gasteiger partial charge in [0.05, 0.1) is 0 Å². The van der Waals surface area contributed by atoms with Crippen molar-refractivity contribution in [2.24, 2.45) is 0 Å². The van der Waals surface area contributed by atoms with Crippen LogP contribution in [-0.2, 0) is 12.0 Å². The summed E-state index contributed by atoms with van der Waals surface area (Å²) in [5.74, 6) is 0. The Labute approximate surface area is 147 Å². The van der Waals surface area contributed by atoms with Gasteiger partial charge in [-0.05, 0) is 41.6 Å². The van der Waals surface area contributed by atoms with Gasteiger partial charge in [0.15, 0.2) is 0 Å². The summed E-state index contributed by atoms with van der Waals surface area (Å²) in [7, 11) is 0. The molecule has 0 heterocycles. The Morgan fingerprint density at radius 1 is 0.826 bits per heavy atom. The molecular weight excluding hydrogens is 304 g/mol. The summed E-state index contributed by atoms with van der Waals surface area (Å²) in [6, 6.07) is 19.3. The predicted octanol–water partition coefficient (Wildman–Crippen LogP) is 5.00. The van der Waals surface area contributed by atoms with Gasteiger partial charge in [0.1, 0.15) is 0 Å². The Morgan fingerprint density at radius 3 is 2.09 bits per heavy atom. The zero-order valence-electron chi connectivity index (χ0n) is 14.4. The number of anilines is 1. The molecule has 3 heteroatoms. The molecule has 2 nitrogen and oxygen atoms in total. The van der Waals surface area contributed by atoms with Crippen LogP contribution in [0.25, 0.3) is 0 Å². The maximum atomic E-state index is 3.51. The molecular formula is C20H29ClN2. The van der Waals surface area contributed by atoms with Crippen molar-refractivity contribution in [1.29, 1.82) is 0 Å². The SMILES string of the molecule is CC(C)(C)c1ccc(CNCCCNc2ccccc2)cc1.Cl. The third kappa shape index (κ3) is 7.06. The van der Waals surface area contributed by atoms with Crippen molar-refractivity contribution in [3.8, 4) is 0 Å². The van der Waals surface area contributed by atoms with E-state index in [1.54, 1.807) is 0 Å². The Hall–Kier alpha value is -1.51. The molecule has 0 fully saturated rings. The highest BCUT2D eigenvalue weighted by Gasteiger charge is 2.12. The molecule has 0 saturated heterocycles. The number of halogens is 1. The highest BCUT2D eigenvalue weighted by atomic mass is 35.5. The number of rotatable bonds is 7. The monoisotopic (exact) mass is 332 g/mol. The van der Waals surface area contributed by atoms with E-state index in [0.717, 1.165) is 26.1 Å². The first-order chi connectivity index (χ1) is 10.6. The van der Waals surface area contributed by atoms with Crippen molar-refractivity contribution < 1.29 is 0 Å². The molecule has 2 rings (SSSR count). The second-order valence-electron chi connectivity index (χ2n) is 6.77. The molecule has 0 aromatic heterocycles. The minimum Gasteiger partial charge on any atom is -0.385 e. The van der Waals surface area contributed by atoms with Crippen molar-refractivity contribution in [1.82, 2.24) is 5.32 Å². The van der Waals surface area contributed by atoms with Crippen molar-refractivity contribution in [3.05, 3.63) is 65.7 Å². The Morgan fingerprint density at radius 2 is 1.48 bits per heavy atom. The van der Waals surface area contributed by atoms with Crippen LogP contribution in [0, 0.1) is 0 Å². The molecule has 2 aromatic rings. The van der Waals surface area contributed by atoms with Gasteiger partial charge >= 0.3 is 0 Å². The summed E-state index contributed by atoms with van der Waals surface area (Å²) in [5, 5.41) is 6.93. The molecule has 0 amide bonds. The molecule has 0 aliphatic heterocycles. The van der Waals surface area contributed by atoms with Crippen LogP contribution in [0.1, 0.15) is 38.3 Å². The minimum absolute atomic E-state index is 0. The summed E-state index contributed by atoms with van der Waals surface area (Å²) in [6.45, 7) is 9.72. The lowest BCUT2D eigenvalue weighted by Crippen LogP contribution is -2.18. The predicted molar refractivity (Wildman–Crippen MR) is 104 cm³/mol. The third-order valence-corrected chi connectivity index (χ3v) is 3.78. The largest absolute Gasteiger partial charge is 0.385 e. The summed E-state index contributed by atoms with van der Waals surface area (Å²) >= 11 is 0. The lowest BCUT2D eigenvalue weighted by molar-refractivity contribution is 0.589. The fourth-order valence-electron chi connectivity index (χ4n) is 2.36. The molecule has 0 aliphatic rings. The summed E-state index contributed by atoms with van der Waals surface area (Å²) in [5.41, 5.74) is 4.17. The van der Waals surface area contributed by atoms with Crippen LogP contribution < -0.4 is 10.6 Å². The van der Waals surface area contributed by atoms with E-state index < -0.39 is 0 Å². The van der Waals surface area contributed by atoms with E-state index in [1.165, 1.54) is 16.8 Å². The molecule has 0 spiro atoms. The number of para-hydroxylation sites is 1. The summed E-state index contributed by atoms with van der Waals surface area (Å²) in [6.07, 6.45) is 1.12. The average molecular weight is 333 g/mol. The van der Waals surface area contributed by atoms with E-state index in [9.17, 15) is 0 Å². The smallest absolute Gasteiger partial charge is 0.0340 e. The second kappa shape index (κ2) is 9.59. The van der Waals surface area contributed by atoms with E-state index in [4.69, 9.17) is 0 Å². The standard InChI is InChI=1S/C20H28N2.ClH/c1-20(2,3)18-12-10-17(11-13-18)16-21-14-7-15-22-19-8-5-4-6-9-19;/h4-6,8-13,21-22H,7,14-16H2,1-3H3;1H. The number of benzene rings is 2. The fourth-order valence-corrected chi connectivity index (χ4v) is 2.36. The van der Waals surface area contributed by atoms with Crippen LogP contribution >= 0.6 is 12.4 Å². The number of hydrogen-bond donors (Lipinski definition) is 2. The van der Waals surface area contributed by atoms with Gasteiger partial charge in [-0.2, -0.15) is 0 Å². The number of hydrogen-bond acceptors (Lipinski definition) is 2. The Balaban J connectivity index is 0.00000264. The fraction of sp³-hybridized carbons (Fsp3) is 0.400. The van der Waals surface area contributed by atoms with Gasteiger partial charge in [-0.1, -0.05) is 63.2 Å². The highest BCUT2D eigenvalue weighted by Crippen LogP contribution is 2.22. The van der Waals surface area contributed by atoms with Crippen LogP contribution in [0.3, 0.4) is 0 Å². The van der Waals surface area contributed by atoms with Crippen molar-refractivity contribution >= 4 is 18.1 Å². The van der Waals surface area contributed by atoms with Crippen LogP contribution in [0.2, 0.25) is 0 Å². The maximum absolute atomic E-state index is 3.51. The molecule has 0 aliphatic carbocycles. The molecule has 0 saturated carbocycles. The van der Waals surface area contributed by atoms with Crippen molar-refractivity contribution in [3.63, 3.8) is 0 Å². The maximum Gasteiger partial charge on any atom is 0.0340 e. The van der Waals surface area contributed by atoms with Gasteiger partial charge in [0, 0.05) is 18.8 Å². The number of nitrogens with one attached hydrogen (secondary N) is 2. The van der Waals surface area contributed by atoms with Gasteiger partial charge in [-0.25, -0.2) is 0 Å². The molecule has 0 radical (unpaired) electrons. The second-order valence-corrected chi connectivity index (χ2v) is 6.77. The van der Waals surface area contributed by atoms with Crippen LogP contribution in [0.5, 0.6) is 0 Å². The molecule has 0 unspecified atom stereocenters. The van der Waals surface area contributed by atoms with E-state index in [-0.39, 0.29) is 17.8 Å². The van der Waals surface area contributed by atoms with Gasteiger partial charge < -0.3 is 10.6 Å². The van der Waals surface area contributed by atoms with E-state index in [2.05, 4.69) is 79.9 Å². The average Bonchev–Trinajstić information content (AvgIpc) is 2.51. The quantitative estimate of drug-likeness (QED) is 0.697. The first-order valence-corrected chi connectivity index (χ1v) is 8.15. The van der Waals surface area contributed by atoms with Crippen molar-refractivity contribution in [2.45, 2.75) is 39.2 Å². The third-order valence-electron chi connectivity index (χ3n) is 3.78. The molecule has 2 aromatic carbocycles. The highest BCUT2D eigenvalue weighted by molar-refractivity contribution is 5.85. The van der Waals surface area contributed by atoms with Gasteiger partial charge in [0.25, 0.3) is 0 Å². The van der Waals surface area contributed by atoms with Crippen LogP contribution in [0.4, 0.5) is 5.69 Å². The van der Waals surface area contributed by atoms with E-state index in [0.29, 0.717) is 0 Å². The Kier molecular flexibility index (Phi) is 8.15. The normalized spacial score (nSPS) is 10.9. The zero-order valence-corrected chi connectivity index (χ0v) is 15.2. The van der Waals surface area contributed by atoms with E-state index in [1.807, 2.05) is 6.07 Å². The van der Waals surface area contributed by atoms with Crippen LogP contribution in [-0.4, -0.2) is 13.1 Å². The lowest BCUT2D eigenvalue weighted by Gasteiger charge is -2.19. The van der Waals surface area contributed by atoms with Crippen molar-refractivity contribution in [2.75, 3.05) is 18.4 Å². The van der Waals surface area contributed by atoms with Crippen LogP contribution in [0.15, 0.2) is 54.6 Å². The van der Waals surface area contributed by atoms with Gasteiger partial charge in [0.2, 0.25) is 0 Å². The van der Waals surface area contributed by atoms with E-state index >= 15 is 0 Å². The summed E-state index contributed by atoms with van der Waals surface area (Å²) in [4.78, 5) is 0. The first kappa shape index (κ1) is 19.5. The first-order valence-electron chi connectivity index (χ1n) is 8.15. The molecule has 2 N–H and O–H groups in total. The summed E-state index contributed by atoms with van der Waals surface area (Å²) < 4.78 is 0. The molecule has 0 atom stereocenters. The van der Waals surface area contributed by atoms with Gasteiger partial charge in [-0.15, -0.1) is 12.4 Å². The Bertz CT molecular complexity index is 544. The molecule has 23 heavy (non-hydrogen) atoms.